The monoisotopic (exact) mass is 303 g/mol. The third-order valence-corrected chi connectivity index (χ3v) is 3.17. The summed E-state index contributed by atoms with van der Waals surface area (Å²) in [5, 5.41) is 3.08. The fraction of sp³-hybridized carbons (Fsp3) is 0.417. The maximum Gasteiger partial charge on any atom is 0.322 e. The van der Waals surface area contributed by atoms with Crippen molar-refractivity contribution in [3.05, 3.63) is 34.1 Å². The third-order valence-electron chi connectivity index (χ3n) is 2.48. The quantitative estimate of drug-likeness (QED) is 0.869. The van der Waals surface area contributed by atoms with Crippen molar-refractivity contribution in [3.63, 3.8) is 0 Å². The number of methoxy groups -OCH3 is 1. The molecule has 0 aromatic heterocycles. The highest BCUT2D eigenvalue weighted by Gasteiger charge is 2.17. The van der Waals surface area contributed by atoms with Crippen molar-refractivity contribution in [2.24, 2.45) is 0 Å². The molecule has 0 saturated heterocycles. The van der Waals surface area contributed by atoms with E-state index in [0.29, 0.717) is 4.47 Å². The Bertz CT molecular complexity index is 411. The number of carbonyl (C=O) groups excluding carboxylic acids is 1. The molecule has 0 aliphatic rings. The summed E-state index contributed by atoms with van der Waals surface area (Å²) in [6, 6.07) is 3.98. The van der Waals surface area contributed by atoms with Crippen LogP contribution in [0.4, 0.5) is 4.39 Å². The topological polar surface area (TPSA) is 38.3 Å². The van der Waals surface area contributed by atoms with Crippen LogP contribution in [0.15, 0.2) is 22.7 Å². The molecule has 94 valence electrons. The summed E-state index contributed by atoms with van der Waals surface area (Å²) in [5.41, 5.74) is 0.891. The molecule has 0 radical (unpaired) electrons. The number of carbonyl (C=O) groups is 1. The van der Waals surface area contributed by atoms with Crippen molar-refractivity contribution in [3.8, 4) is 0 Å². The number of hydrogen-bond donors (Lipinski definition) is 1. The SMILES string of the molecule is COC(=O)C(C)NC(C)c1ccc(F)cc1Br. The van der Waals surface area contributed by atoms with Crippen LogP contribution in [0.2, 0.25) is 0 Å². The van der Waals surface area contributed by atoms with E-state index in [1.165, 1.54) is 19.2 Å². The lowest BCUT2D eigenvalue weighted by atomic mass is 10.1. The van der Waals surface area contributed by atoms with Crippen LogP contribution in [0.25, 0.3) is 0 Å². The average Bonchev–Trinajstić information content (AvgIpc) is 2.27. The lowest BCUT2D eigenvalue weighted by molar-refractivity contribution is -0.142. The van der Waals surface area contributed by atoms with Gasteiger partial charge in [-0.3, -0.25) is 10.1 Å². The number of esters is 1. The molecule has 0 spiro atoms. The van der Waals surface area contributed by atoms with Gasteiger partial charge < -0.3 is 4.74 Å². The van der Waals surface area contributed by atoms with E-state index in [-0.39, 0.29) is 17.8 Å². The lowest BCUT2D eigenvalue weighted by Gasteiger charge is -2.19. The van der Waals surface area contributed by atoms with E-state index in [1.54, 1.807) is 13.0 Å². The Hall–Kier alpha value is -0.940. The summed E-state index contributed by atoms with van der Waals surface area (Å²) in [5.74, 6) is -0.621. The van der Waals surface area contributed by atoms with Gasteiger partial charge in [0.1, 0.15) is 11.9 Å². The van der Waals surface area contributed by atoms with Crippen LogP contribution in [0.5, 0.6) is 0 Å². The minimum absolute atomic E-state index is 0.0842. The van der Waals surface area contributed by atoms with Crippen molar-refractivity contribution in [2.45, 2.75) is 25.9 Å². The summed E-state index contributed by atoms with van der Waals surface area (Å²) in [7, 11) is 1.35. The van der Waals surface area contributed by atoms with Crippen LogP contribution in [-0.4, -0.2) is 19.1 Å². The van der Waals surface area contributed by atoms with Gasteiger partial charge in [0.25, 0.3) is 0 Å². The predicted octanol–water partition coefficient (Wildman–Crippen LogP) is 2.80. The summed E-state index contributed by atoms with van der Waals surface area (Å²) in [6.07, 6.45) is 0. The zero-order valence-corrected chi connectivity index (χ0v) is 11.5. The van der Waals surface area contributed by atoms with Gasteiger partial charge >= 0.3 is 5.97 Å². The molecule has 17 heavy (non-hydrogen) atoms. The normalized spacial score (nSPS) is 14.2. The highest BCUT2D eigenvalue weighted by atomic mass is 79.9. The maximum atomic E-state index is 12.9. The van der Waals surface area contributed by atoms with Gasteiger partial charge in [-0.25, -0.2) is 4.39 Å². The van der Waals surface area contributed by atoms with E-state index in [9.17, 15) is 9.18 Å². The molecule has 0 bridgehead atoms. The number of halogens is 2. The zero-order valence-electron chi connectivity index (χ0n) is 9.96. The molecule has 1 rings (SSSR count). The summed E-state index contributed by atoms with van der Waals surface area (Å²) < 4.78 is 18.2. The van der Waals surface area contributed by atoms with Gasteiger partial charge in [-0.2, -0.15) is 0 Å². The van der Waals surface area contributed by atoms with Gasteiger partial charge in [-0.05, 0) is 31.5 Å². The van der Waals surface area contributed by atoms with Crippen LogP contribution in [0, 0.1) is 5.82 Å². The van der Waals surface area contributed by atoms with Crippen molar-refractivity contribution in [1.29, 1.82) is 0 Å². The first-order chi connectivity index (χ1) is 7.95. The van der Waals surface area contributed by atoms with Gasteiger partial charge in [-0.1, -0.05) is 22.0 Å². The Labute approximate surface area is 108 Å². The molecule has 0 aliphatic carbocycles. The Kier molecular flexibility index (Phi) is 5.08. The second-order valence-corrected chi connectivity index (χ2v) is 4.65. The summed E-state index contributed by atoms with van der Waals surface area (Å²) in [4.78, 5) is 11.3. The minimum atomic E-state index is -0.410. The molecule has 1 N–H and O–H groups in total. The molecule has 2 atom stereocenters. The van der Waals surface area contributed by atoms with E-state index in [4.69, 9.17) is 0 Å². The van der Waals surface area contributed by atoms with Gasteiger partial charge in [0, 0.05) is 10.5 Å². The highest BCUT2D eigenvalue weighted by molar-refractivity contribution is 9.10. The molecule has 0 amide bonds. The molecule has 0 aliphatic heterocycles. The van der Waals surface area contributed by atoms with Crippen LogP contribution < -0.4 is 5.32 Å². The van der Waals surface area contributed by atoms with Crippen LogP contribution >= 0.6 is 15.9 Å². The van der Waals surface area contributed by atoms with Crippen LogP contribution in [0.1, 0.15) is 25.5 Å². The molecule has 0 saturated carbocycles. The first-order valence-electron chi connectivity index (χ1n) is 5.24. The molecular formula is C12H15BrFNO2. The van der Waals surface area contributed by atoms with Gasteiger partial charge in [0.05, 0.1) is 7.11 Å². The van der Waals surface area contributed by atoms with E-state index in [2.05, 4.69) is 26.0 Å². The Morgan fingerprint density at radius 2 is 2.12 bits per heavy atom. The van der Waals surface area contributed by atoms with Crippen molar-refractivity contribution >= 4 is 21.9 Å². The molecule has 0 fully saturated rings. The van der Waals surface area contributed by atoms with Crippen LogP contribution in [-0.2, 0) is 9.53 Å². The summed E-state index contributed by atoms with van der Waals surface area (Å²) in [6.45, 7) is 3.62. The van der Waals surface area contributed by atoms with E-state index >= 15 is 0 Å². The van der Waals surface area contributed by atoms with E-state index in [0.717, 1.165) is 5.56 Å². The largest absolute Gasteiger partial charge is 0.468 e. The number of hydrogen-bond acceptors (Lipinski definition) is 3. The van der Waals surface area contributed by atoms with Crippen molar-refractivity contribution in [2.75, 3.05) is 7.11 Å². The second kappa shape index (κ2) is 6.12. The smallest absolute Gasteiger partial charge is 0.322 e. The number of rotatable bonds is 4. The average molecular weight is 304 g/mol. The van der Waals surface area contributed by atoms with Crippen LogP contribution in [0.3, 0.4) is 0 Å². The van der Waals surface area contributed by atoms with Gasteiger partial charge in [0.2, 0.25) is 0 Å². The molecule has 5 heteroatoms. The second-order valence-electron chi connectivity index (χ2n) is 3.80. The fourth-order valence-corrected chi connectivity index (χ4v) is 2.26. The van der Waals surface area contributed by atoms with Gasteiger partial charge in [0.15, 0.2) is 0 Å². The Morgan fingerprint density at radius 3 is 2.65 bits per heavy atom. The highest BCUT2D eigenvalue weighted by Crippen LogP contribution is 2.24. The minimum Gasteiger partial charge on any atom is -0.468 e. The molecule has 0 heterocycles. The predicted molar refractivity (Wildman–Crippen MR) is 67.1 cm³/mol. The van der Waals surface area contributed by atoms with Crippen molar-refractivity contribution < 1.29 is 13.9 Å². The number of ether oxygens (including phenoxy) is 1. The van der Waals surface area contributed by atoms with E-state index in [1.807, 2.05) is 6.92 Å². The number of benzene rings is 1. The van der Waals surface area contributed by atoms with E-state index < -0.39 is 6.04 Å². The first kappa shape index (κ1) is 14.1. The Balaban J connectivity index is 2.76. The first-order valence-corrected chi connectivity index (χ1v) is 6.03. The Morgan fingerprint density at radius 1 is 1.47 bits per heavy atom. The molecule has 1 aromatic carbocycles. The van der Waals surface area contributed by atoms with Crippen molar-refractivity contribution in [1.82, 2.24) is 5.32 Å². The van der Waals surface area contributed by atoms with Gasteiger partial charge in [-0.15, -0.1) is 0 Å². The molecular weight excluding hydrogens is 289 g/mol. The standard InChI is InChI=1S/C12H15BrFNO2/c1-7(15-8(2)12(16)17-3)10-5-4-9(14)6-11(10)13/h4-8,15H,1-3H3. The summed E-state index contributed by atoms with van der Waals surface area (Å²) >= 11 is 3.30. The molecule has 3 nitrogen and oxygen atoms in total. The zero-order chi connectivity index (χ0) is 13.0. The number of nitrogens with one attached hydrogen (secondary N) is 1. The molecule has 2 unspecified atom stereocenters. The molecule has 1 aromatic rings. The lowest BCUT2D eigenvalue weighted by Crippen LogP contribution is -2.36. The fourth-order valence-electron chi connectivity index (χ4n) is 1.56. The third kappa shape index (κ3) is 3.78. The maximum absolute atomic E-state index is 12.9.